The summed E-state index contributed by atoms with van der Waals surface area (Å²) in [4.78, 5) is 2.70. The molecule has 2 heterocycles. The second-order valence-corrected chi connectivity index (χ2v) is 6.54. The number of nitrogens with zero attached hydrogens (tertiary/aromatic N) is 1. The number of thiophene rings is 1. The molecule has 1 aliphatic rings. The molecule has 102 valence electrons. The lowest BCUT2D eigenvalue weighted by Crippen LogP contribution is -2.62. The number of piperazine rings is 1. The molecule has 2 nitrogen and oxygen atoms in total. The molecule has 1 fully saturated rings. The summed E-state index contributed by atoms with van der Waals surface area (Å²) in [7, 11) is 0. The molecule has 0 aliphatic carbocycles. The molecule has 1 aromatic rings. The van der Waals surface area contributed by atoms with E-state index in [0.717, 1.165) is 13.1 Å². The Labute approximate surface area is 115 Å². The number of hydrogen-bond acceptors (Lipinski definition) is 3. The van der Waals surface area contributed by atoms with Crippen molar-refractivity contribution < 1.29 is 0 Å². The van der Waals surface area contributed by atoms with Crippen LogP contribution < -0.4 is 5.32 Å². The molecule has 1 aromatic heterocycles. The summed E-state index contributed by atoms with van der Waals surface area (Å²) in [6.07, 6.45) is 2.41. The largest absolute Gasteiger partial charge is 0.309 e. The van der Waals surface area contributed by atoms with Crippen molar-refractivity contribution in [2.45, 2.75) is 58.2 Å². The van der Waals surface area contributed by atoms with E-state index in [4.69, 9.17) is 0 Å². The third kappa shape index (κ3) is 2.79. The van der Waals surface area contributed by atoms with Crippen molar-refractivity contribution in [3.8, 4) is 0 Å². The zero-order chi connectivity index (χ0) is 13.2. The molecule has 0 saturated carbocycles. The van der Waals surface area contributed by atoms with Crippen LogP contribution in [0.4, 0.5) is 0 Å². The first-order valence-electron chi connectivity index (χ1n) is 7.12. The Morgan fingerprint density at radius 1 is 1.56 bits per heavy atom. The second kappa shape index (κ2) is 5.72. The lowest BCUT2D eigenvalue weighted by molar-refractivity contribution is 0.0495. The summed E-state index contributed by atoms with van der Waals surface area (Å²) in [5.74, 6) is 0. The van der Waals surface area contributed by atoms with E-state index in [1.165, 1.54) is 18.4 Å². The Morgan fingerprint density at radius 2 is 2.33 bits per heavy atom. The minimum absolute atomic E-state index is 0.274. The van der Waals surface area contributed by atoms with Crippen molar-refractivity contribution in [3.05, 3.63) is 22.4 Å². The molecule has 2 rings (SSSR count). The highest BCUT2D eigenvalue weighted by atomic mass is 32.1. The summed E-state index contributed by atoms with van der Waals surface area (Å²) in [5, 5.41) is 8.22. The predicted octanol–water partition coefficient (Wildman–Crippen LogP) is 3.66. The maximum absolute atomic E-state index is 3.74. The molecule has 3 heteroatoms. The Balaban J connectivity index is 2.16. The SMILES string of the molecule is CCC1CNC(C)(CC)CN1C(C)c1ccsc1. The van der Waals surface area contributed by atoms with Gasteiger partial charge in [-0.2, -0.15) is 11.3 Å². The summed E-state index contributed by atoms with van der Waals surface area (Å²) in [6, 6.07) is 3.47. The van der Waals surface area contributed by atoms with E-state index >= 15 is 0 Å². The molecule has 0 radical (unpaired) electrons. The van der Waals surface area contributed by atoms with Gasteiger partial charge in [0.2, 0.25) is 0 Å². The summed E-state index contributed by atoms with van der Waals surface area (Å²) in [5.41, 5.74) is 1.74. The van der Waals surface area contributed by atoms with Gasteiger partial charge in [0.1, 0.15) is 0 Å². The number of rotatable bonds is 4. The first-order chi connectivity index (χ1) is 8.59. The van der Waals surface area contributed by atoms with Crippen molar-refractivity contribution >= 4 is 11.3 Å². The van der Waals surface area contributed by atoms with Gasteiger partial charge in [0.15, 0.2) is 0 Å². The molecule has 1 N–H and O–H groups in total. The highest BCUT2D eigenvalue weighted by Crippen LogP contribution is 2.30. The quantitative estimate of drug-likeness (QED) is 0.894. The van der Waals surface area contributed by atoms with Gasteiger partial charge < -0.3 is 5.32 Å². The fraction of sp³-hybridized carbons (Fsp3) is 0.733. The van der Waals surface area contributed by atoms with Crippen LogP contribution in [0.3, 0.4) is 0 Å². The van der Waals surface area contributed by atoms with Gasteiger partial charge >= 0.3 is 0 Å². The van der Waals surface area contributed by atoms with E-state index in [1.807, 2.05) is 0 Å². The molecule has 1 saturated heterocycles. The number of nitrogens with one attached hydrogen (secondary N) is 1. The second-order valence-electron chi connectivity index (χ2n) is 5.76. The topological polar surface area (TPSA) is 15.3 Å². The van der Waals surface area contributed by atoms with Gasteiger partial charge in [-0.15, -0.1) is 0 Å². The molecule has 18 heavy (non-hydrogen) atoms. The smallest absolute Gasteiger partial charge is 0.0332 e. The van der Waals surface area contributed by atoms with Crippen LogP contribution in [0.5, 0.6) is 0 Å². The first-order valence-corrected chi connectivity index (χ1v) is 8.06. The van der Waals surface area contributed by atoms with Crippen molar-refractivity contribution in [1.29, 1.82) is 0 Å². The van der Waals surface area contributed by atoms with Crippen LogP contribution >= 0.6 is 11.3 Å². The fourth-order valence-corrected chi connectivity index (χ4v) is 3.59. The maximum Gasteiger partial charge on any atom is 0.0332 e. The Kier molecular flexibility index (Phi) is 4.46. The lowest BCUT2D eigenvalue weighted by Gasteiger charge is -2.48. The molecule has 3 atom stereocenters. The lowest BCUT2D eigenvalue weighted by atomic mass is 9.91. The molecule has 1 aliphatic heterocycles. The maximum atomic E-state index is 3.74. The summed E-state index contributed by atoms with van der Waals surface area (Å²) >= 11 is 1.80. The monoisotopic (exact) mass is 266 g/mol. The van der Waals surface area contributed by atoms with Crippen LogP contribution in [0.1, 0.15) is 52.1 Å². The standard InChI is InChI=1S/C15H26N2S/c1-5-14-9-16-15(4,6-2)11-17(14)12(3)13-7-8-18-10-13/h7-8,10,12,14,16H,5-6,9,11H2,1-4H3. The highest BCUT2D eigenvalue weighted by molar-refractivity contribution is 7.07. The normalized spacial score (nSPS) is 31.4. The van der Waals surface area contributed by atoms with E-state index in [1.54, 1.807) is 11.3 Å². The van der Waals surface area contributed by atoms with E-state index < -0.39 is 0 Å². The first kappa shape index (κ1) is 14.0. The summed E-state index contributed by atoms with van der Waals surface area (Å²) in [6.45, 7) is 11.6. The van der Waals surface area contributed by atoms with Crippen molar-refractivity contribution in [2.24, 2.45) is 0 Å². The van der Waals surface area contributed by atoms with Gasteiger partial charge in [0, 0.05) is 30.7 Å². The van der Waals surface area contributed by atoms with Gasteiger partial charge in [-0.1, -0.05) is 13.8 Å². The van der Waals surface area contributed by atoms with Crippen LogP contribution in [-0.4, -0.2) is 29.6 Å². The van der Waals surface area contributed by atoms with Gasteiger partial charge in [-0.3, -0.25) is 4.90 Å². The van der Waals surface area contributed by atoms with Crippen LogP contribution in [-0.2, 0) is 0 Å². The van der Waals surface area contributed by atoms with E-state index in [9.17, 15) is 0 Å². The Hall–Kier alpha value is -0.380. The van der Waals surface area contributed by atoms with Crippen LogP contribution in [0.25, 0.3) is 0 Å². The average molecular weight is 266 g/mol. The van der Waals surface area contributed by atoms with E-state index in [2.05, 4.69) is 54.7 Å². The number of hydrogen-bond donors (Lipinski definition) is 1. The van der Waals surface area contributed by atoms with Gasteiger partial charge in [-0.25, -0.2) is 0 Å². The van der Waals surface area contributed by atoms with E-state index in [-0.39, 0.29) is 5.54 Å². The minimum Gasteiger partial charge on any atom is -0.309 e. The van der Waals surface area contributed by atoms with Crippen molar-refractivity contribution in [3.63, 3.8) is 0 Å². The van der Waals surface area contributed by atoms with E-state index in [0.29, 0.717) is 12.1 Å². The third-order valence-electron chi connectivity index (χ3n) is 4.54. The van der Waals surface area contributed by atoms with Gasteiger partial charge in [-0.05, 0) is 49.1 Å². The summed E-state index contributed by atoms with van der Waals surface area (Å²) < 4.78 is 0. The Morgan fingerprint density at radius 3 is 2.89 bits per heavy atom. The zero-order valence-electron chi connectivity index (χ0n) is 12.1. The van der Waals surface area contributed by atoms with Crippen molar-refractivity contribution in [2.75, 3.05) is 13.1 Å². The Bertz CT molecular complexity index is 363. The molecule has 0 bridgehead atoms. The van der Waals surface area contributed by atoms with Crippen LogP contribution in [0.2, 0.25) is 0 Å². The molecule has 3 unspecified atom stereocenters. The van der Waals surface area contributed by atoms with Crippen LogP contribution in [0, 0.1) is 0 Å². The van der Waals surface area contributed by atoms with Gasteiger partial charge in [0.05, 0.1) is 0 Å². The predicted molar refractivity (Wildman–Crippen MR) is 80.2 cm³/mol. The molecule has 0 amide bonds. The molecular weight excluding hydrogens is 240 g/mol. The van der Waals surface area contributed by atoms with Crippen molar-refractivity contribution in [1.82, 2.24) is 10.2 Å². The van der Waals surface area contributed by atoms with Gasteiger partial charge in [0.25, 0.3) is 0 Å². The van der Waals surface area contributed by atoms with Crippen LogP contribution in [0.15, 0.2) is 16.8 Å². The molecule has 0 spiro atoms. The zero-order valence-corrected chi connectivity index (χ0v) is 12.9. The fourth-order valence-electron chi connectivity index (χ4n) is 2.84. The minimum atomic E-state index is 0.274. The third-order valence-corrected chi connectivity index (χ3v) is 5.24. The highest BCUT2D eigenvalue weighted by Gasteiger charge is 2.36. The molecular formula is C15H26N2S. The molecule has 0 aromatic carbocycles. The average Bonchev–Trinajstić information content (AvgIpc) is 2.92.